The van der Waals surface area contributed by atoms with Gasteiger partial charge in [0.1, 0.15) is 18.4 Å². The number of nitrogens with zero attached hydrogens (tertiary/aromatic N) is 3. The Morgan fingerprint density at radius 1 is 1.05 bits per heavy atom. The maximum absolute atomic E-state index is 13.3. The molecule has 38 heavy (non-hydrogen) atoms. The van der Waals surface area contributed by atoms with E-state index in [0.717, 1.165) is 26.1 Å². The molecule has 5 heterocycles. The van der Waals surface area contributed by atoms with E-state index >= 15 is 0 Å². The Balaban J connectivity index is 1.12. The number of hydrogen-bond acceptors (Lipinski definition) is 9. The average molecular weight is 562 g/mol. The Labute approximate surface area is 227 Å². The lowest BCUT2D eigenvalue weighted by atomic mass is 9.87. The quantitative estimate of drug-likeness (QED) is 0.265. The number of fused-ring (bicyclic) bond motifs is 1. The topological polar surface area (TPSA) is 103 Å². The second kappa shape index (κ2) is 10.5. The first-order valence-electron chi connectivity index (χ1n) is 13.9. The molecular weight excluding hydrogens is 519 g/mol. The van der Waals surface area contributed by atoms with Gasteiger partial charge in [0.2, 0.25) is 0 Å². The third-order valence-electron chi connectivity index (χ3n) is 9.48. The van der Waals surface area contributed by atoms with Gasteiger partial charge in [-0.1, -0.05) is 0 Å². The van der Waals surface area contributed by atoms with Crippen molar-refractivity contribution in [3.05, 3.63) is 0 Å². The van der Waals surface area contributed by atoms with Gasteiger partial charge in [0, 0.05) is 62.9 Å². The molecule has 10 unspecified atom stereocenters. The molecule has 0 radical (unpaired) electrons. The third-order valence-corrected chi connectivity index (χ3v) is 11.1. The molecule has 0 amide bonds. The van der Waals surface area contributed by atoms with E-state index in [-0.39, 0.29) is 53.7 Å². The first-order valence-corrected chi connectivity index (χ1v) is 14.9. The highest BCUT2D eigenvalue weighted by atomic mass is 32.2. The summed E-state index contributed by atoms with van der Waals surface area (Å²) in [6.45, 7) is 2.22. The van der Waals surface area contributed by atoms with Crippen LogP contribution in [0.2, 0.25) is 0 Å². The number of thioether (sulfide) groups is 1. The van der Waals surface area contributed by atoms with Gasteiger partial charge in [-0.3, -0.25) is 31.6 Å². The lowest BCUT2D eigenvalue weighted by molar-refractivity contribution is -0.150. The number of alkyl halides is 3. The van der Waals surface area contributed by atoms with E-state index in [4.69, 9.17) is 10.1 Å². The maximum atomic E-state index is 13.3. The minimum Gasteiger partial charge on any atom is -0.366 e. The van der Waals surface area contributed by atoms with Crippen molar-refractivity contribution >= 4 is 17.7 Å². The summed E-state index contributed by atoms with van der Waals surface area (Å²) in [6.07, 6.45) is -0.208. The molecule has 0 aromatic rings. The van der Waals surface area contributed by atoms with Crippen LogP contribution < -0.4 is 26.6 Å². The predicted molar refractivity (Wildman–Crippen MR) is 140 cm³/mol. The average Bonchev–Trinajstić information content (AvgIpc) is 3.44. The molecule has 5 saturated heterocycles. The van der Waals surface area contributed by atoms with Crippen LogP contribution in [0.5, 0.6) is 0 Å². The Hall–Kier alpha value is -0.870. The summed E-state index contributed by atoms with van der Waals surface area (Å²) in [6, 6.07) is -0.952. The number of nitrogens with one attached hydrogen (secondary N) is 6. The van der Waals surface area contributed by atoms with Crippen molar-refractivity contribution in [2.45, 2.75) is 85.2 Å². The summed E-state index contributed by atoms with van der Waals surface area (Å²) in [4.78, 5) is 6.04. The zero-order valence-electron chi connectivity index (χ0n) is 22.3. The molecule has 216 valence electrons. The highest BCUT2D eigenvalue weighted by molar-refractivity contribution is 8.00. The molecular formula is C24H42F3N9OS. The molecule has 6 aliphatic rings. The molecule has 0 bridgehead atoms. The molecule has 0 aromatic carbocycles. The lowest BCUT2D eigenvalue weighted by Crippen LogP contribution is -2.73. The van der Waals surface area contributed by atoms with Crippen LogP contribution >= 0.6 is 11.8 Å². The fourth-order valence-electron chi connectivity index (χ4n) is 7.29. The van der Waals surface area contributed by atoms with Crippen molar-refractivity contribution in [2.75, 3.05) is 47.5 Å². The molecule has 6 fully saturated rings. The molecule has 0 aromatic heterocycles. The standard InChI is InChI=1S/C24H42F3N9OS/c1-34-10-16(24(25,26)27)32-21(34)15-7-6-13(38-15)9-36-20-14(35(2)23(36)28)8-29-19(33-20)17-18(12-4-5-12)30-11-31-22(17)37-3/h12-22,28-33H,4-11H2,1-3H3. The summed E-state index contributed by atoms with van der Waals surface area (Å²) < 4.78 is 45.8. The van der Waals surface area contributed by atoms with Crippen LogP contribution in [0.3, 0.4) is 0 Å². The Morgan fingerprint density at radius 2 is 1.84 bits per heavy atom. The number of guanidine groups is 1. The molecule has 6 rings (SSSR count). The first-order chi connectivity index (χ1) is 18.2. The van der Waals surface area contributed by atoms with E-state index in [1.807, 2.05) is 16.8 Å². The number of halogens is 3. The summed E-state index contributed by atoms with van der Waals surface area (Å²) in [7, 11) is 5.53. The maximum Gasteiger partial charge on any atom is 0.405 e. The predicted octanol–water partition coefficient (Wildman–Crippen LogP) is -0.0440. The van der Waals surface area contributed by atoms with E-state index < -0.39 is 12.2 Å². The van der Waals surface area contributed by atoms with Gasteiger partial charge in [-0.25, -0.2) is 0 Å². The number of hydrogen-bond donors (Lipinski definition) is 6. The van der Waals surface area contributed by atoms with Gasteiger partial charge in [0.15, 0.2) is 5.96 Å². The first kappa shape index (κ1) is 27.3. The fourth-order valence-corrected chi connectivity index (χ4v) is 9.01. The normalized spacial score (nSPS) is 44.7. The summed E-state index contributed by atoms with van der Waals surface area (Å²) in [5.74, 6) is 1.39. The van der Waals surface area contributed by atoms with Crippen molar-refractivity contribution in [2.24, 2.45) is 11.8 Å². The van der Waals surface area contributed by atoms with Crippen LogP contribution in [0.15, 0.2) is 0 Å². The minimum atomic E-state index is -4.23. The van der Waals surface area contributed by atoms with Crippen LogP contribution in [0, 0.1) is 17.2 Å². The molecule has 14 heteroatoms. The van der Waals surface area contributed by atoms with Crippen molar-refractivity contribution in [1.82, 2.24) is 41.3 Å². The van der Waals surface area contributed by atoms with Crippen LogP contribution in [-0.2, 0) is 4.74 Å². The van der Waals surface area contributed by atoms with Crippen LogP contribution in [-0.4, -0.2) is 128 Å². The highest BCUT2D eigenvalue weighted by Gasteiger charge is 2.53. The lowest BCUT2D eigenvalue weighted by Gasteiger charge is -2.48. The molecule has 10 atom stereocenters. The SMILES string of the molecule is COC1NCNC(C2CC2)C1C1NCC2C(N1)N(CC1CCC(C3NC(C(F)(F)F)CN3C)S1)C(=N)N2C. The van der Waals surface area contributed by atoms with Crippen molar-refractivity contribution < 1.29 is 17.9 Å². The van der Waals surface area contributed by atoms with Crippen molar-refractivity contribution in [3.63, 3.8) is 0 Å². The van der Waals surface area contributed by atoms with Crippen LogP contribution in [0.25, 0.3) is 0 Å². The van der Waals surface area contributed by atoms with E-state index in [1.165, 1.54) is 12.8 Å². The van der Waals surface area contributed by atoms with Crippen LogP contribution in [0.1, 0.15) is 25.7 Å². The van der Waals surface area contributed by atoms with Gasteiger partial charge in [0.25, 0.3) is 0 Å². The van der Waals surface area contributed by atoms with Gasteiger partial charge in [-0.15, -0.1) is 0 Å². The smallest absolute Gasteiger partial charge is 0.366 e. The monoisotopic (exact) mass is 561 g/mol. The molecule has 1 aliphatic carbocycles. The molecule has 0 spiro atoms. The summed E-state index contributed by atoms with van der Waals surface area (Å²) >= 11 is 1.79. The number of likely N-dealkylation sites (N-methyl/N-ethyl adjacent to an activating group) is 2. The van der Waals surface area contributed by atoms with Crippen molar-refractivity contribution in [3.8, 4) is 0 Å². The molecule has 5 aliphatic heterocycles. The van der Waals surface area contributed by atoms with Gasteiger partial charge in [-0.05, 0) is 38.6 Å². The zero-order valence-corrected chi connectivity index (χ0v) is 23.1. The van der Waals surface area contributed by atoms with E-state index in [1.54, 1.807) is 25.9 Å². The number of rotatable bonds is 6. The fraction of sp³-hybridized carbons (Fsp3) is 0.958. The summed E-state index contributed by atoms with van der Waals surface area (Å²) in [5.41, 5.74) is 0. The van der Waals surface area contributed by atoms with E-state index in [9.17, 15) is 13.2 Å². The Bertz CT molecular complexity index is 882. The minimum absolute atomic E-state index is 0.000394. The number of methoxy groups -OCH3 is 1. The van der Waals surface area contributed by atoms with Gasteiger partial charge < -0.3 is 19.9 Å². The summed E-state index contributed by atoms with van der Waals surface area (Å²) in [5, 5.41) is 26.8. The van der Waals surface area contributed by atoms with E-state index in [2.05, 4.69) is 31.5 Å². The van der Waals surface area contributed by atoms with Gasteiger partial charge in [0.05, 0.1) is 18.4 Å². The molecule has 1 saturated carbocycles. The van der Waals surface area contributed by atoms with Gasteiger partial charge in [-0.2, -0.15) is 24.9 Å². The third kappa shape index (κ3) is 5.04. The van der Waals surface area contributed by atoms with Crippen LogP contribution in [0.4, 0.5) is 13.2 Å². The van der Waals surface area contributed by atoms with E-state index in [0.29, 0.717) is 24.5 Å². The molecule has 6 N–H and O–H groups in total. The van der Waals surface area contributed by atoms with Crippen molar-refractivity contribution in [1.29, 1.82) is 5.41 Å². The highest BCUT2D eigenvalue weighted by Crippen LogP contribution is 2.41. The molecule has 10 nitrogen and oxygen atoms in total. The Morgan fingerprint density at radius 3 is 2.53 bits per heavy atom. The second-order valence-corrected chi connectivity index (χ2v) is 13.4. The Kier molecular flexibility index (Phi) is 7.55. The largest absolute Gasteiger partial charge is 0.405 e. The zero-order chi connectivity index (χ0) is 26.8. The van der Waals surface area contributed by atoms with Gasteiger partial charge >= 0.3 is 6.18 Å². The number of ether oxygens (including phenoxy) is 1. The second-order valence-electron chi connectivity index (χ2n) is 11.9.